The number of rotatable bonds is 6. The number of hydrogen-bond donors (Lipinski definition) is 2. The zero-order valence-corrected chi connectivity index (χ0v) is 13.8. The summed E-state index contributed by atoms with van der Waals surface area (Å²) in [4.78, 5) is 4.72. The van der Waals surface area contributed by atoms with Crippen LogP contribution >= 0.6 is 0 Å². The second-order valence-electron chi connectivity index (χ2n) is 6.33. The summed E-state index contributed by atoms with van der Waals surface area (Å²) < 4.78 is 5.37. The Labute approximate surface area is 137 Å². The molecule has 124 valence electrons. The fourth-order valence-electron chi connectivity index (χ4n) is 3.24. The number of aliphatic hydroxyl groups excluding tert-OH is 1. The highest BCUT2D eigenvalue weighted by atomic mass is 16.5. The number of aromatic nitrogens is 1. The van der Waals surface area contributed by atoms with Crippen molar-refractivity contribution in [3.05, 3.63) is 36.0 Å². The molecule has 2 aromatic rings. The first-order chi connectivity index (χ1) is 11.3. The predicted octanol–water partition coefficient (Wildman–Crippen LogP) is 3.39. The van der Waals surface area contributed by atoms with Crippen molar-refractivity contribution < 1.29 is 9.84 Å². The summed E-state index contributed by atoms with van der Waals surface area (Å²) in [6.07, 6.45) is 3.61. The molecule has 1 aromatic carbocycles. The molecule has 0 saturated carbocycles. The van der Waals surface area contributed by atoms with Gasteiger partial charge in [0.1, 0.15) is 0 Å². The van der Waals surface area contributed by atoms with E-state index in [2.05, 4.69) is 30.4 Å². The van der Waals surface area contributed by atoms with Crippen molar-refractivity contribution in [2.45, 2.75) is 38.7 Å². The summed E-state index contributed by atoms with van der Waals surface area (Å²) in [6.45, 7) is 4.27. The van der Waals surface area contributed by atoms with Gasteiger partial charge < -0.3 is 15.2 Å². The van der Waals surface area contributed by atoms with Gasteiger partial charge in [-0.3, -0.25) is 4.98 Å². The largest absolute Gasteiger partial charge is 0.391 e. The molecule has 1 unspecified atom stereocenters. The van der Waals surface area contributed by atoms with E-state index in [0.717, 1.165) is 61.2 Å². The number of ether oxygens (including phenoxy) is 1. The van der Waals surface area contributed by atoms with E-state index in [1.807, 2.05) is 12.1 Å². The van der Waals surface area contributed by atoms with E-state index in [1.54, 1.807) is 0 Å². The first-order valence-corrected chi connectivity index (χ1v) is 8.66. The highest BCUT2D eigenvalue weighted by Gasteiger charge is 2.22. The second-order valence-corrected chi connectivity index (χ2v) is 6.33. The number of aliphatic hydroxyl groups is 1. The van der Waals surface area contributed by atoms with Crippen molar-refractivity contribution >= 4 is 16.6 Å². The van der Waals surface area contributed by atoms with E-state index in [0.29, 0.717) is 12.5 Å². The topological polar surface area (TPSA) is 54.4 Å². The van der Waals surface area contributed by atoms with Crippen molar-refractivity contribution in [2.75, 3.05) is 25.1 Å². The molecular weight excluding hydrogens is 288 g/mol. The lowest BCUT2D eigenvalue weighted by atomic mass is 9.94. The summed E-state index contributed by atoms with van der Waals surface area (Å²) in [5.74, 6) is 0.333. The zero-order valence-electron chi connectivity index (χ0n) is 13.8. The van der Waals surface area contributed by atoms with Crippen LogP contribution in [0.3, 0.4) is 0 Å². The van der Waals surface area contributed by atoms with E-state index in [4.69, 9.17) is 9.72 Å². The fourth-order valence-corrected chi connectivity index (χ4v) is 3.24. The molecule has 4 heteroatoms. The molecule has 2 N–H and O–H groups in total. The monoisotopic (exact) mass is 314 g/mol. The van der Waals surface area contributed by atoms with Gasteiger partial charge >= 0.3 is 0 Å². The lowest BCUT2D eigenvalue weighted by Crippen LogP contribution is -2.32. The van der Waals surface area contributed by atoms with Crippen molar-refractivity contribution in [3.63, 3.8) is 0 Å². The maximum absolute atomic E-state index is 10.4. The molecule has 23 heavy (non-hydrogen) atoms. The molecule has 1 aliphatic rings. The number of benzene rings is 1. The Bertz CT molecular complexity index is 638. The summed E-state index contributed by atoms with van der Waals surface area (Å²) >= 11 is 0. The Balaban J connectivity index is 1.75. The van der Waals surface area contributed by atoms with E-state index < -0.39 is 0 Å². The van der Waals surface area contributed by atoms with E-state index >= 15 is 0 Å². The first-order valence-electron chi connectivity index (χ1n) is 8.66. The Morgan fingerprint density at radius 2 is 2.09 bits per heavy atom. The molecule has 0 radical (unpaired) electrons. The maximum Gasteiger partial charge on any atom is 0.0742 e. The number of hydrogen-bond acceptors (Lipinski definition) is 4. The minimum absolute atomic E-state index is 0.333. The van der Waals surface area contributed by atoms with E-state index in [9.17, 15) is 5.11 Å². The Kier molecular flexibility index (Phi) is 5.47. The number of anilines is 1. The van der Waals surface area contributed by atoms with Gasteiger partial charge in [-0.25, -0.2) is 0 Å². The van der Waals surface area contributed by atoms with Crippen LogP contribution in [-0.4, -0.2) is 36.0 Å². The van der Waals surface area contributed by atoms with Crippen molar-refractivity contribution in [1.82, 2.24) is 4.98 Å². The molecule has 2 heterocycles. The standard InChI is InChI=1S/C19H26N2O2/c1-2-5-15-12-18(16-6-3-4-7-17(16)21-15)20-13-19(22)14-8-10-23-11-9-14/h3-4,6-7,12,14,19,22H,2,5,8-11,13H2,1H3,(H,20,21). The summed E-state index contributed by atoms with van der Waals surface area (Å²) in [6, 6.07) is 10.3. The molecule has 1 aliphatic heterocycles. The molecule has 3 rings (SSSR count). The van der Waals surface area contributed by atoms with Crippen LogP contribution in [0.2, 0.25) is 0 Å². The third kappa shape index (κ3) is 4.01. The zero-order chi connectivity index (χ0) is 16.1. The van der Waals surface area contributed by atoms with Gasteiger partial charge in [0.2, 0.25) is 0 Å². The Morgan fingerprint density at radius 3 is 2.87 bits per heavy atom. The maximum atomic E-state index is 10.4. The number of nitrogens with zero attached hydrogens (tertiary/aromatic N) is 1. The van der Waals surface area contributed by atoms with Crippen molar-refractivity contribution in [3.8, 4) is 0 Å². The number of pyridine rings is 1. The lowest BCUT2D eigenvalue weighted by molar-refractivity contribution is 0.0131. The van der Waals surface area contributed by atoms with Gasteiger partial charge in [-0.05, 0) is 37.3 Å². The number of fused-ring (bicyclic) bond motifs is 1. The number of aryl methyl sites for hydroxylation is 1. The molecule has 0 bridgehead atoms. The molecule has 0 amide bonds. The number of para-hydroxylation sites is 1. The highest BCUT2D eigenvalue weighted by Crippen LogP contribution is 2.25. The van der Waals surface area contributed by atoms with Crippen molar-refractivity contribution in [2.24, 2.45) is 5.92 Å². The van der Waals surface area contributed by atoms with Crippen LogP contribution in [0.15, 0.2) is 30.3 Å². The molecule has 4 nitrogen and oxygen atoms in total. The molecule has 1 aromatic heterocycles. The first kappa shape index (κ1) is 16.2. The second kappa shape index (κ2) is 7.75. The van der Waals surface area contributed by atoms with Crippen LogP contribution < -0.4 is 5.32 Å². The summed E-state index contributed by atoms with van der Waals surface area (Å²) in [5, 5.41) is 15.0. The summed E-state index contributed by atoms with van der Waals surface area (Å²) in [7, 11) is 0. The highest BCUT2D eigenvalue weighted by molar-refractivity contribution is 5.91. The molecule has 1 fully saturated rings. The third-order valence-electron chi connectivity index (χ3n) is 4.59. The van der Waals surface area contributed by atoms with Crippen LogP contribution in [0.5, 0.6) is 0 Å². The Hall–Kier alpha value is -1.65. The van der Waals surface area contributed by atoms with Gasteiger partial charge in [0.25, 0.3) is 0 Å². The van der Waals surface area contributed by atoms with Gasteiger partial charge in [-0.1, -0.05) is 31.5 Å². The van der Waals surface area contributed by atoms with Crippen molar-refractivity contribution in [1.29, 1.82) is 0 Å². The van der Waals surface area contributed by atoms with Crippen LogP contribution in [0.4, 0.5) is 5.69 Å². The molecule has 1 saturated heterocycles. The molecular formula is C19H26N2O2. The van der Waals surface area contributed by atoms with E-state index in [-0.39, 0.29) is 6.10 Å². The van der Waals surface area contributed by atoms with Crippen LogP contribution in [0.25, 0.3) is 10.9 Å². The average molecular weight is 314 g/mol. The normalized spacial score (nSPS) is 17.3. The van der Waals surface area contributed by atoms with Gasteiger partial charge in [0.15, 0.2) is 0 Å². The Morgan fingerprint density at radius 1 is 1.30 bits per heavy atom. The van der Waals surface area contributed by atoms with E-state index in [1.165, 1.54) is 0 Å². The smallest absolute Gasteiger partial charge is 0.0742 e. The van der Waals surface area contributed by atoms with Crippen LogP contribution in [-0.2, 0) is 11.2 Å². The predicted molar refractivity (Wildman–Crippen MR) is 93.8 cm³/mol. The SMILES string of the molecule is CCCc1cc(NCC(O)C2CCOCC2)c2ccccc2n1. The average Bonchev–Trinajstić information content (AvgIpc) is 2.60. The minimum Gasteiger partial charge on any atom is -0.391 e. The molecule has 1 atom stereocenters. The third-order valence-corrected chi connectivity index (χ3v) is 4.59. The lowest BCUT2D eigenvalue weighted by Gasteiger charge is -2.27. The minimum atomic E-state index is -0.333. The van der Waals surface area contributed by atoms with Gasteiger partial charge in [-0.2, -0.15) is 0 Å². The van der Waals surface area contributed by atoms with Gasteiger partial charge in [-0.15, -0.1) is 0 Å². The fraction of sp³-hybridized carbons (Fsp3) is 0.526. The molecule has 0 aliphatic carbocycles. The van der Waals surface area contributed by atoms with Crippen LogP contribution in [0, 0.1) is 5.92 Å². The van der Waals surface area contributed by atoms with Gasteiger partial charge in [0.05, 0.1) is 11.6 Å². The summed E-state index contributed by atoms with van der Waals surface area (Å²) in [5.41, 5.74) is 3.20. The quantitative estimate of drug-likeness (QED) is 0.858. The number of nitrogens with one attached hydrogen (secondary N) is 1. The van der Waals surface area contributed by atoms with Crippen LogP contribution in [0.1, 0.15) is 31.9 Å². The molecule has 0 spiro atoms. The van der Waals surface area contributed by atoms with Gasteiger partial charge in [0, 0.05) is 36.5 Å².